The molecule has 2 rings (SSSR count). The zero-order valence-corrected chi connectivity index (χ0v) is 10.4. The van der Waals surface area contributed by atoms with Crippen LogP contribution in [0, 0.1) is 0 Å². The molecule has 2 heterocycles. The fraction of sp³-hybridized carbons (Fsp3) is 0.167. The molecule has 0 aliphatic rings. The summed E-state index contributed by atoms with van der Waals surface area (Å²) >= 11 is 3.27. The summed E-state index contributed by atoms with van der Waals surface area (Å²) in [6.07, 6.45) is 3.50. The minimum Gasteiger partial charge on any atom is -0.307 e. The second-order valence-electron chi connectivity index (χ2n) is 3.52. The second-order valence-corrected chi connectivity index (χ2v) is 4.44. The number of nitrogens with zero attached hydrogens (tertiary/aromatic N) is 2. The van der Waals surface area contributed by atoms with Crippen LogP contribution in [0.5, 0.6) is 0 Å². The van der Waals surface area contributed by atoms with E-state index >= 15 is 0 Å². The summed E-state index contributed by atoms with van der Waals surface area (Å²) in [5.74, 6) is 0. The Morgan fingerprint density at radius 1 is 1.38 bits per heavy atom. The molecule has 3 nitrogen and oxygen atoms in total. The van der Waals surface area contributed by atoms with Gasteiger partial charge in [0.1, 0.15) is 0 Å². The minimum atomic E-state index is -0.0539. The van der Waals surface area contributed by atoms with Crippen molar-refractivity contribution in [2.75, 3.05) is 0 Å². The maximum absolute atomic E-state index is 11.8. The van der Waals surface area contributed by atoms with Crippen LogP contribution in [0.1, 0.15) is 18.7 Å². The number of hydrogen-bond donors (Lipinski definition) is 0. The van der Waals surface area contributed by atoms with Crippen LogP contribution in [0.25, 0.3) is 0 Å². The molecule has 0 aromatic carbocycles. The Bertz CT molecular complexity index is 536. The Labute approximate surface area is 102 Å². The summed E-state index contributed by atoms with van der Waals surface area (Å²) in [5.41, 5.74) is 0.847. The molecule has 0 saturated carbocycles. The van der Waals surface area contributed by atoms with Crippen LogP contribution in [0.4, 0.5) is 0 Å². The summed E-state index contributed by atoms with van der Waals surface area (Å²) in [6.45, 7) is 1.96. The third kappa shape index (κ3) is 2.22. The molecule has 82 valence electrons. The summed E-state index contributed by atoms with van der Waals surface area (Å²) in [7, 11) is 0. The maximum Gasteiger partial charge on any atom is 0.252 e. The molecule has 4 heteroatoms. The predicted molar refractivity (Wildman–Crippen MR) is 66.5 cm³/mol. The van der Waals surface area contributed by atoms with Crippen molar-refractivity contribution < 1.29 is 0 Å². The quantitative estimate of drug-likeness (QED) is 0.847. The van der Waals surface area contributed by atoms with Gasteiger partial charge in [-0.2, -0.15) is 0 Å². The third-order valence-corrected chi connectivity index (χ3v) is 2.94. The van der Waals surface area contributed by atoms with Gasteiger partial charge in [-0.05, 0) is 25.1 Å². The lowest BCUT2D eigenvalue weighted by Crippen LogP contribution is -2.22. The van der Waals surface area contributed by atoms with Crippen molar-refractivity contribution in [3.63, 3.8) is 0 Å². The molecule has 2 aromatic heterocycles. The van der Waals surface area contributed by atoms with Crippen LogP contribution in [-0.4, -0.2) is 9.55 Å². The topological polar surface area (TPSA) is 34.9 Å². The molecule has 2 aromatic rings. The fourth-order valence-electron chi connectivity index (χ4n) is 1.55. The van der Waals surface area contributed by atoms with Gasteiger partial charge in [0.05, 0.1) is 11.7 Å². The van der Waals surface area contributed by atoms with Crippen LogP contribution in [-0.2, 0) is 0 Å². The van der Waals surface area contributed by atoms with Gasteiger partial charge in [0.2, 0.25) is 0 Å². The Morgan fingerprint density at radius 2 is 2.19 bits per heavy atom. The molecular weight excluding hydrogens is 268 g/mol. The molecule has 0 amide bonds. The summed E-state index contributed by atoms with van der Waals surface area (Å²) < 4.78 is 2.45. The third-order valence-electron chi connectivity index (χ3n) is 2.44. The first-order valence-electron chi connectivity index (χ1n) is 4.97. The average Bonchev–Trinajstić information content (AvgIpc) is 2.29. The molecule has 0 radical (unpaired) electrons. The number of rotatable bonds is 2. The van der Waals surface area contributed by atoms with Crippen molar-refractivity contribution in [1.82, 2.24) is 9.55 Å². The number of halogens is 1. The minimum absolute atomic E-state index is 0.0347. The molecule has 16 heavy (non-hydrogen) atoms. The zero-order valence-electron chi connectivity index (χ0n) is 8.80. The van der Waals surface area contributed by atoms with Gasteiger partial charge in [0.25, 0.3) is 5.56 Å². The highest BCUT2D eigenvalue weighted by Gasteiger charge is 2.09. The number of hydrogen-bond acceptors (Lipinski definition) is 2. The Morgan fingerprint density at radius 3 is 2.81 bits per heavy atom. The van der Waals surface area contributed by atoms with E-state index in [9.17, 15) is 4.79 Å². The molecule has 0 N–H and O–H groups in total. The van der Waals surface area contributed by atoms with Gasteiger partial charge in [-0.25, -0.2) is 0 Å². The van der Waals surface area contributed by atoms with Crippen LogP contribution >= 0.6 is 15.9 Å². The molecular formula is C12H11BrN2O. The van der Waals surface area contributed by atoms with E-state index < -0.39 is 0 Å². The van der Waals surface area contributed by atoms with Gasteiger partial charge in [-0.3, -0.25) is 9.78 Å². The lowest BCUT2D eigenvalue weighted by atomic mass is 10.2. The highest BCUT2D eigenvalue weighted by atomic mass is 79.9. The van der Waals surface area contributed by atoms with Crippen LogP contribution in [0.3, 0.4) is 0 Å². The van der Waals surface area contributed by atoms with Crippen LogP contribution < -0.4 is 5.56 Å². The second kappa shape index (κ2) is 4.61. The molecule has 0 bridgehead atoms. The van der Waals surface area contributed by atoms with Crippen molar-refractivity contribution in [1.29, 1.82) is 0 Å². The molecule has 0 saturated heterocycles. The summed E-state index contributed by atoms with van der Waals surface area (Å²) in [6, 6.07) is 9.05. The smallest absolute Gasteiger partial charge is 0.252 e. The normalized spacial score (nSPS) is 12.4. The lowest BCUT2D eigenvalue weighted by molar-refractivity contribution is 0.598. The molecule has 0 fully saturated rings. The molecule has 0 aliphatic heterocycles. The number of aromatic nitrogens is 2. The fourth-order valence-corrected chi connectivity index (χ4v) is 1.87. The molecule has 0 spiro atoms. The lowest BCUT2D eigenvalue weighted by Gasteiger charge is -2.14. The van der Waals surface area contributed by atoms with Crippen molar-refractivity contribution in [3.05, 3.63) is 63.2 Å². The van der Waals surface area contributed by atoms with E-state index in [2.05, 4.69) is 20.9 Å². The first kappa shape index (κ1) is 11.1. The van der Waals surface area contributed by atoms with Crippen molar-refractivity contribution in [2.45, 2.75) is 13.0 Å². The van der Waals surface area contributed by atoms with Crippen molar-refractivity contribution in [3.8, 4) is 0 Å². The van der Waals surface area contributed by atoms with Crippen LogP contribution in [0.15, 0.2) is 52.0 Å². The van der Waals surface area contributed by atoms with E-state index in [0.717, 1.165) is 10.2 Å². The van der Waals surface area contributed by atoms with Crippen molar-refractivity contribution >= 4 is 15.9 Å². The van der Waals surface area contributed by atoms with E-state index in [1.807, 2.05) is 31.2 Å². The summed E-state index contributed by atoms with van der Waals surface area (Å²) in [5, 5.41) is 0. The van der Waals surface area contributed by atoms with Gasteiger partial charge in [-0.1, -0.05) is 22.0 Å². The van der Waals surface area contributed by atoms with E-state index in [1.54, 1.807) is 23.0 Å². The van der Waals surface area contributed by atoms with Crippen molar-refractivity contribution in [2.24, 2.45) is 0 Å². The SMILES string of the molecule is C[C@H](c1ccccn1)n1ccc(Br)cc1=O. The first-order chi connectivity index (χ1) is 7.68. The molecule has 1 atom stereocenters. The van der Waals surface area contributed by atoms with E-state index in [-0.39, 0.29) is 11.6 Å². The molecule has 0 unspecified atom stereocenters. The molecule has 0 aliphatic carbocycles. The van der Waals surface area contributed by atoms with Gasteiger partial charge in [0, 0.05) is 22.9 Å². The Kier molecular flexibility index (Phi) is 3.19. The van der Waals surface area contributed by atoms with E-state index in [1.165, 1.54) is 0 Å². The monoisotopic (exact) mass is 278 g/mol. The highest BCUT2D eigenvalue weighted by Crippen LogP contribution is 2.14. The number of pyridine rings is 2. The zero-order chi connectivity index (χ0) is 11.5. The maximum atomic E-state index is 11.8. The Hall–Kier alpha value is -1.42. The average molecular weight is 279 g/mol. The van der Waals surface area contributed by atoms with Gasteiger partial charge >= 0.3 is 0 Å². The Balaban J connectivity index is 2.42. The van der Waals surface area contributed by atoms with Crippen LogP contribution in [0.2, 0.25) is 0 Å². The first-order valence-corrected chi connectivity index (χ1v) is 5.76. The standard InChI is InChI=1S/C12H11BrN2O/c1-9(11-4-2-3-6-14-11)15-7-5-10(13)8-12(15)16/h2-9H,1H3/t9-/m1/s1. The van der Waals surface area contributed by atoms with Gasteiger partial charge in [-0.15, -0.1) is 0 Å². The van der Waals surface area contributed by atoms with Gasteiger partial charge in [0.15, 0.2) is 0 Å². The van der Waals surface area contributed by atoms with E-state index in [4.69, 9.17) is 0 Å². The highest BCUT2D eigenvalue weighted by molar-refractivity contribution is 9.10. The predicted octanol–water partition coefficient (Wildman–Crippen LogP) is 2.62. The largest absolute Gasteiger partial charge is 0.307 e. The van der Waals surface area contributed by atoms with E-state index in [0.29, 0.717) is 0 Å². The summed E-state index contributed by atoms with van der Waals surface area (Å²) in [4.78, 5) is 16.0. The van der Waals surface area contributed by atoms with Gasteiger partial charge < -0.3 is 4.57 Å².